The maximum atomic E-state index is 12.0. The second kappa shape index (κ2) is 9.51. The number of hydrogen-bond acceptors (Lipinski definition) is 4. The van der Waals surface area contributed by atoms with Crippen molar-refractivity contribution in [1.29, 1.82) is 0 Å². The Kier molecular flexibility index (Phi) is 6.82. The van der Waals surface area contributed by atoms with Gasteiger partial charge in [0.2, 0.25) is 17.6 Å². The quantitative estimate of drug-likeness (QED) is 0.560. The molecular weight excluding hydrogens is 374 g/mol. The van der Waals surface area contributed by atoms with Crippen molar-refractivity contribution in [2.24, 2.45) is 0 Å². The molecule has 3 rings (SSSR count). The molecule has 0 bridgehead atoms. The first-order valence-corrected chi connectivity index (χ1v) is 9.80. The van der Waals surface area contributed by atoms with Gasteiger partial charge < -0.3 is 9.84 Å². The standard InChI is InChI=1S/C22H24ClN3O2/c1-15-5-6-17(16(2)14-15)4-3-13-24-20(27)11-12-21-25-22(26-28-21)18-7-9-19(23)10-8-18/h5-10,14H,3-4,11-13H2,1-2H3,(H,24,27). The van der Waals surface area contributed by atoms with Gasteiger partial charge in [-0.3, -0.25) is 4.79 Å². The molecule has 0 spiro atoms. The molecule has 3 aromatic rings. The summed E-state index contributed by atoms with van der Waals surface area (Å²) in [7, 11) is 0. The molecule has 0 saturated heterocycles. The van der Waals surface area contributed by atoms with Gasteiger partial charge in [0.05, 0.1) is 0 Å². The molecule has 146 valence electrons. The van der Waals surface area contributed by atoms with Crippen LogP contribution in [0.5, 0.6) is 0 Å². The molecule has 0 saturated carbocycles. The van der Waals surface area contributed by atoms with E-state index in [-0.39, 0.29) is 5.91 Å². The number of halogens is 1. The van der Waals surface area contributed by atoms with Crippen LogP contribution in [-0.4, -0.2) is 22.6 Å². The highest BCUT2D eigenvalue weighted by Gasteiger charge is 2.10. The molecule has 1 amide bonds. The lowest BCUT2D eigenvalue weighted by Gasteiger charge is -2.08. The third-order valence-electron chi connectivity index (χ3n) is 4.58. The normalized spacial score (nSPS) is 10.8. The van der Waals surface area contributed by atoms with Gasteiger partial charge in [0.15, 0.2) is 0 Å². The largest absolute Gasteiger partial charge is 0.356 e. The van der Waals surface area contributed by atoms with E-state index in [4.69, 9.17) is 16.1 Å². The van der Waals surface area contributed by atoms with E-state index in [0.29, 0.717) is 36.1 Å². The number of nitrogens with zero attached hydrogens (tertiary/aromatic N) is 2. The molecule has 1 N–H and O–H groups in total. The van der Waals surface area contributed by atoms with Gasteiger partial charge in [0, 0.05) is 30.0 Å². The molecule has 0 unspecified atom stereocenters. The molecule has 28 heavy (non-hydrogen) atoms. The average molecular weight is 398 g/mol. The highest BCUT2D eigenvalue weighted by Crippen LogP contribution is 2.19. The van der Waals surface area contributed by atoms with Crippen LogP contribution in [0.4, 0.5) is 0 Å². The second-order valence-electron chi connectivity index (χ2n) is 6.90. The summed E-state index contributed by atoms with van der Waals surface area (Å²) in [5.74, 6) is 0.947. The minimum absolute atomic E-state index is 0.00753. The van der Waals surface area contributed by atoms with Crippen LogP contribution in [0, 0.1) is 13.8 Å². The Balaban J connectivity index is 1.39. The van der Waals surface area contributed by atoms with E-state index in [1.165, 1.54) is 16.7 Å². The van der Waals surface area contributed by atoms with Gasteiger partial charge in [-0.25, -0.2) is 0 Å². The van der Waals surface area contributed by atoms with E-state index in [9.17, 15) is 4.79 Å². The van der Waals surface area contributed by atoms with E-state index >= 15 is 0 Å². The summed E-state index contributed by atoms with van der Waals surface area (Å²) in [4.78, 5) is 16.4. The lowest BCUT2D eigenvalue weighted by atomic mass is 10.0. The van der Waals surface area contributed by atoms with Gasteiger partial charge in [-0.1, -0.05) is 40.5 Å². The van der Waals surface area contributed by atoms with Crippen LogP contribution in [-0.2, 0) is 17.6 Å². The Hall–Kier alpha value is -2.66. The van der Waals surface area contributed by atoms with E-state index < -0.39 is 0 Å². The zero-order chi connectivity index (χ0) is 19.9. The summed E-state index contributed by atoms with van der Waals surface area (Å²) in [6.45, 7) is 4.88. The Morgan fingerprint density at radius 3 is 2.64 bits per heavy atom. The number of carbonyl (C=O) groups is 1. The number of aryl methyl sites for hydroxylation is 4. The van der Waals surface area contributed by atoms with Crippen molar-refractivity contribution in [2.45, 2.75) is 39.5 Å². The van der Waals surface area contributed by atoms with Crippen molar-refractivity contribution in [2.75, 3.05) is 6.54 Å². The average Bonchev–Trinajstić information content (AvgIpc) is 3.14. The zero-order valence-corrected chi connectivity index (χ0v) is 16.9. The fourth-order valence-electron chi connectivity index (χ4n) is 3.01. The summed E-state index contributed by atoms with van der Waals surface area (Å²) in [6, 6.07) is 13.7. The second-order valence-corrected chi connectivity index (χ2v) is 7.34. The fraction of sp³-hybridized carbons (Fsp3) is 0.318. The maximum absolute atomic E-state index is 12.0. The first-order chi connectivity index (χ1) is 13.5. The number of hydrogen-bond donors (Lipinski definition) is 1. The van der Waals surface area contributed by atoms with Crippen molar-refractivity contribution in [3.05, 3.63) is 70.1 Å². The van der Waals surface area contributed by atoms with Gasteiger partial charge in [-0.05, 0) is 62.1 Å². The Bertz CT molecular complexity index is 935. The lowest BCUT2D eigenvalue weighted by molar-refractivity contribution is -0.121. The number of aromatic nitrogens is 2. The van der Waals surface area contributed by atoms with Gasteiger partial charge >= 0.3 is 0 Å². The molecule has 0 radical (unpaired) electrons. The lowest BCUT2D eigenvalue weighted by Crippen LogP contribution is -2.25. The van der Waals surface area contributed by atoms with Crippen LogP contribution < -0.4 is 5.32 Å². The summed E-state index contributed by atoms with van der Waals surface area (Å²) in [6.07, 6.45) is 2.62. The summed E-state index contributed by atoms with van der Waals surface area (Å²) in [5, 5.41) is 7.57. The Labute approximate surface area is 170 Å². The molecule has 0 aliphatic carbocycles. The number of benzene rings is 2. The molecule has 0 aliphatic rings. The zero-order valence-electron chi connectivity index (χ0n) is 16.2. The molecular formula is C22H24ClN3O2. The smallest absolute Gasteiger partial charge is 0.227 e. The molecule has 0 atom stereocenters. The van der Waals surface area contributed by atoms with E-state index in [1.54, 1.807) is 12.1 Å². The number of amides is 1. The van der Waals surface area contributed by atoms with Crippen LogP contribution in [0.15, 0.2) is 47.0 Å². The SMILES string of the molecule is Cc1ccc(CCCNC(=O)CCc2nc(-c3ccc(Cl)cc3)no2)c(C)c1. The highest BCUT2D eigenvalue weighted by atomic mass is 35.5. The van der Waals surface area contributed by atoms with Crippen molar-refractivity contribution in [3.8, 4) is 11.4 Å². The van der Waals surface area contributed by atoms with E-state index in [0.717, 1.165) is 18.4 Å². The van der Waals surface area contributed by atoms with E-state index in [1.807, 2.05) is 12.1 Å². The van der Waals surface area contributed by atoms with Crippen molar-refractivity contribution in [1.82, 2.24) is 15.5 Å². The fourth-order valence-corrected chi connectivity index (χ4v) is 3.14. The summed E-state index contributed by atoms with van der Waals surface area (Å²) in [5.41, 5.74) is 4.74. The Morgan fingerprint density at radius 2 is 1.89 bits per heavy atom. The summed E-state index contributed by atoms with van der Waals surface area (Å²) >= 11 is 5.88. The van der Waals surface area contributed by atoms with Crippen LogP contribution >= 0.6 is 11.6 Å². The molecule has 1 aromatic heterocycles. The molecule has 0 aliphatic heterocycles. The number of carbonyl (C=O) groups excluding carboxylic acids is 1. The van der Waals surface area contributed by atoms with Crippen LogP contribution in [0.1, 0.15) is 35.4 Å². The minimum Gasteiger partial charge on any atom is -0.356 e. The van der Waals surface area contributed by atoms with Gasteiger partial charge in [0.1, 0.15) is 0 Å². The number of rotatable bonds is 8. The van der Waals surface area contributed by atoms with E-state index in [2.05, 4.69) is 47.5 Å². The first kappa shape index (κ1) is 20.1. The topological polar surface area (TPSA) is 68.0 Å². The molecule has 5 nitrogen and oxygen atoms in total. The molecule has 1 heterocycles. The van der Waals surface area contributed by atoms with Gasteiger partial charge in [0.25, 0.3) is 0 Å². The predicted molar refractivity (Wildman–Crippen MR) is 110 cm³/mol. The minimum atomic E-state index is -0.00753. The first-order valence-electron chi connectivity index (χ1n) is 9.42. The third-order valence-corrected chi connectivity index (χ3v) is 4.83. The van der Waals surface area contributed by atoms with Gasteiger partial charge in [-0.15, -0.1) is 0 Å². The maximum Gasteiger partial charge on any atom is 0.227 e. The van der Waals surface area contributed by atoms with Crippen molar-refractivity contribution in [3.63, 3.8) is 0 Å². The predicted octanol–water partition coefficient (Wildman–Crippen LogP) is 4.69. The summed E-state index contributed by atoms with van der Waals surface area (Å²) < 4.78 is 5.23. The third kappa shape index (κ3) is 5.67. The van der Waals surface area contributed by atoms with Crippen LogP contribution in [0.25, 0.3) is 11.4 Å². The number of nitrogens with one attached hydrogen (secondary N) is 1. The molecule has 2 aromatic carbocycles. The highest BCUT2D eigenvalue weighted by molar-refractivity contribution is 6.30. The Morgan fingerprint density at radius 1 is 1.11 bits per heavy atom. The molecule has 6 heteroatoms. The van der Waals surface area contributed by atoms with Crippen LogP contribution in [0.3, 0.4) is 0 Å². The van der Waals surface area contributed by atoms with Crippen molar-refractivity contribution >= 4 is 17.5 Å². The van der Waals surface area contributed by atoms with Crippen LogP contribution in [0.2, 0.25) is 5.02 Å². The molecule has 0 fully saturated rings. The monoisotopic (exact) mass is 397 g/mol. The van der Waals surface area contributed by atoms with Crippen molar-refractivity contribution < 1.29 is 9.32 Å². The van der Waals surface area contributed by atoms with Gasteiger partial charge in [-0.2, -0.15) is 4.98 Å².